The maximum absolute atomic E-state index is 5.91. The highest BCUT2D eigenvalue weighted by Gasteiger charge is 2.27. The molecule has 5 heteroatoms. The zero-order valence-electron chi connectivity index (χ0n) is 8.20. The van der Waals surface area contributed by atoms with Crippen molar-refractivity contribution >= 4 is 0 Å². The molecule has 0 saturated heterocycles. The van der Waals surface area contributed by atoms with E-state index in [2.05, 4.69) is 10.1 Å². The molecule has 0 radical (unpaired) electrons. The van der Waals surface area contributed by atoms with Crippen molar-refractivity contribution in [2.24, 2.45) is 5.73 Å². The van der Waals surface area contributed by atoms with Gasteiger partial charge in [0.1, 0.15) is 5.54 Å². The molecule has 0 spiro atoms. The largest absolute Gasteiger partial charge is 0.382 e. The summed E-state index contributed by atoms with van der Waals surface area (Å²) in [5.41, 5.74) is 5.23. The lowest BCUT2D eigenvalue weighted by Crippen LogP contribution is -2.39. The Kier molecular flexibility index (Phi) is 3.00. The van der Waals surface area contributed by atoms with Crippen molar-refractivity contribution in [2.75, 3.05) is 13.7 Å². The minimum Gasteiger partial charge on any atom is -0.382 e. The quantitative estimate of drug-likeness (QED) is 0.737. The number of nitrogens with two attached hydrogens (primary N) is 1. The number of methoxy groups -OCH3 is 1. The van der Waals surface area contributed by atoms with Gasteiger partial charge in [0, 0.05) is 13.5 Å². The third-order valence-corrected chi connectivity index (χ3v) is 1.73. The first-order valence-electron chi connectivity index (χ1n) is 4.21. The summed E-state index contributed by atoms with van der Waals surface area (Å²) in [7, 11) is 1.59. The highest BCUT2D eigenvalue weighted by atomic mass is 16.5. The topological polar surface area (TPSA) is 74.2 Å². The minimum atomic E-state index is -0.675. The van der Waals surface area contributed by atoms with Crippen LogP contribution in [0.25, 0.3) is 0 Å². The van der Waals surface area contributed by atoms with Gasteiger partial charge in [0.2, 0.25) is 5.89 Å². The summed E-state index contributed by atoms with van der Waals surface area (Å²) >= 11 is 0. The Labute approximate surface area is 77.3 Å². The Morgan fingerprint density at radius 3 is 2.77 bits per heavy atom. The molecular weight excluding hydrogens is 170 g/mol. The Morgan fingerprint density at radius 1 is 1.62 bits per heavy atom. The molecule has 0 aliphatic carbocycles. The van der Waals surface area contributed by atoms with Gasteiger partial charge >= 0.3 is 0 Å². The van der Waals surface area contributed by atoms with Crippen LogP contribution in [0.5, 0.6) is 0 Å². The second kappa shape index (κ2) is 3.85. The molecular formula is C8H15N3O2. The molecule has 5 nitrogen and oxygen atoms in total. The van der Waals surface area contributed by atoms with E-state index >= 15 is 0 Å². The normalized spacial score (nSPS) is 15.7. The van der Waals surface area contributed by atoms with Crippen LogP contribution in [0.3, 0.4) is 0 Å². The lowest BCUT2D eigenvalue weighted by Gasteiger charge is -2.18. The third-order valence-electron chi connectivity index (χ3n) is 1.73. The van der Waals surface area contributed by atoms with Crippen LogP contribution >= 0.6 is 0 Å². The highest BCUT2D eigenvalue weighted by molar-refractivity contribution is 5.01. The second-order valence-corrected chi connectivity index (χ2v) is 3.22. The lowest BCUT2D eigenvalue weighted by molar-refractivity contribution is 0.135. The van der Waals surface area contributed by atoms with E-state index in [1.54, 1.807) is 14.0 Å². The average Bonchev–Trinajstić information content (AvgIpc) is 2.52. The van der Waals surface area contributed by atoms with Gasteiger partial charge in [0.15, 0.2) is 5.82 Å². The molecule has 1 rings (SSSR count). The van der Waals surface area contributed by atoms with Crippen LogP contribution in [0.1, 0.15) is 25.6 Å². The number of hydrogen-bond donors (Lipinski definition) is 1. The van der Waals surface area contributed by atoms with Crippen LogP contribution in [0, 0.1) is 0 Å². The number of ether oxygens (including phenoxy) is 1. The van der Waals surface area contributed by atoms with Crippen molar-refractivity contribution in [1.82, 2.24) is 10.1 Å². The van der Waals surface area contributed by atoms with E-state index in [0.29, 0.717) is 18.3 Å². The number of aryl methyl sites for hydroxylation is 1. The SMILES string of the molecule is CCc1nc(C(C)(N)COC)no1. The number of rotatable bonds is 4. The van der Waals surface area contributed by atoms with Crippen LogP contribution < -0.4 is 5.73 Å². The summed E-state index contributed by atoms with van der Waals surface area (Å²) < 4.78 is 9.91. The Balaban J connectivity index is 2.80. The van der Waals surface area contributed by atoms with Gasteiger partial charge in [-0.25, -0.2) is 0 Å². The van der Waals surface area contributed by atoms with Gasteiger partial charge in [-0.2, -0.15) is 4.98 Å². The van der Waals surface area contributed by atoms with Gasteiger partial charge in [-0.15, -0.1) is 0 Å². The highest BCUT2D eigenvalue weighted by Crippen LogP contribution is 2.14. The van der Waals surface area contributed by atoms with Crippen molar-refractivity contribution in [3.05, 3.63) is 11.7 Å². The molecule has 1 aromatic rings. The Bertz CT molecular complexity index is 270. The lowest BCUT2D eigenvalue weighted by atomic mass is 10.1. The number of nitrogens with zero attached hydrogens (tertiary/aromatic N) is 2. The van der Waals surface area contributed by atoms with E-state index < -0.39 is 5.54 Å². The summed E-state index contributed by atoms with van der Waals surface area (Å²) in [6.07, 6.45) is 0.718. The summed E-state index contributed by atoms with van der Waals surface area (Å²) in [5, 5.41) is 3.79. The molecule has 0 aliphatic rings. The van der Waals surface area contributed by atoms with Gasteiger partial charge < -0.3 is 15.0 Å². The summed E-state index contributed by atoms with van der Waals surface area (Å²) in [5.74, 6) is 1.09. The molecule has 1 atom stereocenters. The fourth-order valence-corrected chi connectivity index (χ4v) is 0.995. The molecule has 0 bridgehead atoms. The first-order chi connectivity index (χ1) is 6.10. The molecule has 1 unspecified atom stereocenters. The summed E-state index contributed by atoms with van der Waals surface area (Å²) in [6.45, 7) is 4.12. The van der Waals surface area contributed by atoms with E-state index in [0.717, 1.165) is 6.42 Å². The fourth-order valence-electron chi connectivity index (χ4n) is 0.995. The van der Waals surface area contributed by atoms with Crippen LogP contribution in [0.15, 0.2) is 4.52 Å². The van der Waals surface area contributed by atoms with Gasteiger partial charge in [-0.1, -0.05) is 12.1 Å². The molecule has 0 saturated carbocycles. The molecule has 0 amide bonds. The summed E-state index contributed by atoms with van der Waals surface area (Å²) in [6, 6.07) is 0. The van der Waals surface area contributed by atoms with Crippen LogP contribution in [-0.4, -0.2) is 23.9 Å². The first kappa shape index (κ1) is 10.1. The van der Waals surface area contributed by atoms with E-state index in [-0.39, 0.29) is 0 Å². The number of hydrogen-bond acceptors (Lipinski definition) is 5. The van der Waals surface area contributed by atoms with E-state index in [1.807, 2.05) is 6.92 Å². The van der Waals surface area contributed by atoms with Crippen LogP contribution in [0.2, 0.25) is 0 Å². The standard InChI is InChI=1S/C8H15N3O2/c1-4-6-10-7(11-13-6)8(2,9)5-12-3/h4-5,9H2,1-3H3. The van der Waals surface area contributed by atoms with E-state index in [4.69, 9.17) is 15.0 Å². The van der Waals surface area contributed by atoms with Gasteiger partial charge in [-0.3, -0.25) is 0 Å². The van der Waals surface area contributed by atoms with Crippen molar-refractivity contribution in [3.8, 4) is 0 Å². The van der Waals surface area contributed by atoms with E-state index in [1.165, 1.54) is 0 Å². The van der Waals surface area contributed by atoms with Crippen molar-refractivity contribution in [1.29, 1.82) is 0 Å². The zero-order valence-corrected chi connectivity index (χ0v) is 8.20. The average molecular weight is 185 g/mol. The number of aromatic nitrogens is 2. The maximum Gasteiger partial charge on any atom is 0.226 e. The van der Waals surface area contributed by atoms with Gasteiger partial charge in [0.25, 0.3) is 0 Å². The van der Waals surface area contributed by atoms with Crippen LogP contribution in [-0.2, 0) is 16.7 Å². The molecule has 0 fully saturated rings. The van der Waals surface area contributed by atoms with Crippen LogP contribution in [0.4, 0.5) is 0 Å². The molecule has 0 aromatic carbocycles. The van der Waals surface area contributed by atoms with Crippen molar-refractivity contribution in [2.45, 2.75) is 25.8 Å². The van der Waals surface area contributed by atoms with Crippen molar-refractivity contribution < 1.29 is 9.26 Å². The van der Waals surface area contributed by atoms with Crippen molar-refractivity contribution in [3.63, 3.8) is 0 Å². The molecule has 2 N–H and O–H groups in total. The predicted octanol–water partition coefficient (Wildman–Crippen LogP) is 0.452. The zero-order chi connectivity index (χ0) is 9.90. The Morgan fingerprint density at radius 2 is 2.31 bits per heavy atom. The van der Waals surface area contributed by atoms with E-state index in [9.17, 15) is 0 Å². The fraction of sp³-hybridized carbons (Fsp3) is 0.750. The Hall–Kier alpha value is -0.940. The monoisotopic (exact) mass is 185 g/mol. The first-order valence-corrected chi connectivity index (χ1v) is 4.21. The predicted molar refractivity (Wildman–Crippen MR) is 47.1 cm³/mol. The molecule has 1 aromatic heterocycles. The molecule has 74 valence electrons. The maximum atomic E-state index is 5.91. The summed E-state index contributed by atoms with van der Waals surface area (Å²) in [4.78, 5) is 4.14. The second-order valence-electron chi connectivity index (χ2n) is 3.22. The van der Waals surface area contributed by atoms with Gasteiger partial charge in [-0.05, 0) is 6.92 Å². The third kappa shape index (κ3) is 2.26. The minimum absolute atomic E-state index is 0.371. The molecule has 1 heterocycles. The molecule has 13 heavy (non-hydrogen) atoms. The molecule has 0 aliphatic heterocycles. The smallest absolute Gasteiger partial charge is 0.226 e. The van der Waals surface area contributed by atoms with Gasteiger partial charge in [0.05, 0.1) is 6.61 Å².